The summed E-state index contributed by atoms with van der Waals surface area (Å²) >= 11 is 0. The molecule has 0 spiro atoms. The van der Waals surface area contributed by atoms with Gasteiger partial charge in [0, 0.05) is 41.2 Å². The number of rotatable bonds is 9. The van der Waals surface area contributed by atoms with E-state index in [4.69, 9.17) is 4.84 Å². The van der Waals surface area contributed by atoms with Crippen LogP contribution in [0.4, 0.5) is 25.2 Å². The van der Waals surface area contributed by atoms with E-state index in [2.05, 4.69) is 90.8 Å². The van der Waals surface area contributed by atoms with Crippen LogP contribution in [0.1, 0.15) is 30.5 Å². The monoisotopic (exact) mass is 510 g/mol. The summed E-state index contributed by atoms with van der Waals surface area (Å²) in [7, 11) is -1.22. The van der Waals surface area contributed by atoms with Gasteiger partial charge in [0.25, 0.3) is 0 Å². The van der Waals surface area contributed by atoms with Crippen molar-refractivity contribution in [3.63, 3.8) is 0 Å². The molecule has 1 aromatic carbocycles. The molecule has 7 nitrogen and oxygen atoms in total. The summed E-state index contributed by atoms with van der Waals surface area (Å²) in [5, 5.41) is 8.45. The normalized spacial score (nSPS) is 15.4. The Morgan fingerprint density at radius 1 is 0.969 bits per heavy atom. The van der Waals surface area contributed by atoms with Gasteiger partial charge in [0.15, 0.2) is 0 Å². The zero-order valence-electron chi connectivity index (χ0n) is 18.8. The summed E-state index contributed by atoms with van der Waals surface area (Å²) in [6, 6.07) is 10.4. The van der Waals surface area contributed by atoms with Crippen molar-refractivity contribution in [2.75, 3.05) is 42.0 Å². The van der Waals surface area contributed by atoms with Gasteiger partial charge in [-0.1, -0.05) is 42.1 Å². The second-order valence-electron chi connectivity index (χ2n) is 7.42. The Bertz CT molecular complexity index is 816. The molecular weight excluding hydrogens is 480 g/mol. The van der Waals surface area contributed by atoms with Crippen LogP contribution in [-0.2, 0) is 0 Å². The van der Waals surface area contributed by atoms with Crippen LogP contribution in [0.25, 0.3) is 0 Å². The van der Waals surface area contributed by atoms with Crippen molar-refractivity contribution in [2.24, 2.45) is 0 Å². The maximum atomic E-state index is 9.87. The van der Waals surface area contributed by atoms with Gasteiger partial charge in [0.2, 0.25) is 15.1 Å². The average molecular weight is 510 g/mol. The van der Waals surface area contributed by atoms with E-state index >= 15 is 0 Å². The van der Waals surface area contributed by atoms with Crippen molar-refractivity contribution < 1.29 is 30.0 Å². The molecule has 15 heteroatoms. The maximum absolute atomic E-state index is 10.7. The van der Waals surface area contributed by atoms with Crippen molar-refractivity contribution in [2.45, 2.75) is 19.3 Å². The van der Waals surface area contributed by atoms with E-state index < -0.39 is 16.2 Å². The summed E-state index contributed by atoms with van der Waals surface area (Å²) in [4.78, 5) is 7.28. The second-order valence-corrected chi connectivity index (χ2v) is 12.5. The first-order valence-corrected chi connectivity index (χ1v) is 12.9. The summed E-state index contributed by atoms with van der Waals surface area (Å²) < 4.78 is 65.8. The van der Waals surface area contributed by atoms with Crippen molar-refractivity contribution in [1.82, 2.24) is 29.2 Å². The van der Waals surface area contributed by atoms with Gasteiger partial charge in [0.05, 0.1) is 11.9 Å². The third-order valence-corrected chi connectivity index (χ3v) is 6.40. The van der Waals surface area contributed by atoms with Crippen LogP contribution >= 0.6 is 16.2 Å². The van der Waals surface area contributed by atoms with Gasteiger partial charge in [-0.2, -0.15) is 9.34 Å². The van der Waals surface area contributed by atoms with Gasteiger partial charge in [-0.05, 0) is 17.2 Å². The molecule has 1 atom stereocenters. The molecule has 2 aromatic rings. The average Bonchev–Trinajstić information content (AvgIpc) is 3.07. The van der Waals surface area contributed by atoms with Crippen LogP contribution in [0.5, 0.6) is 0 Å². The van der Waals surface area contributed by atoms with Gasteiger partial charge in [-0.25, -0.2) is 0 Å². The Morgan fingerprint density at radius 3 is 1.91 bits per heavy atom. The van der Waals surface area contributed by atoms with Gasteiger partial charge in [-0.3, -0.25) is 0 Å². The van der Waals surface area contributed by atoms with Crippen LogP contribution in [0, 0.1) is 0 Å². The predicted octanol–water partition coefficient (Wildman–Crippen LogP) is 5.60. The number of hydrogen-bond donors (Lipinski definition) is 0. The number of nitrogens with zero attached hydrogens (tertiary/aromatic N) is 6. The second kappa shape index (κ2) is 10.2. The van der Waals surface area contributed by atoms with E-state index in [1.165, 1.54) is 10.4 Å². The van der Waals surface area contributed by atoms with Crippen LogP contribution in [0.2, 0.25) is 0 Å². The summed E-state index contributed by atoms with van der Waals surface area (Å²) in [6.07, 6.45) is 2.85. The fourth-order valence-corrected chi connectivity index (χ4v) is 5.41. The fraction of sp³-hybridized carbons (Fsp3) is 0.529. The molecule has 0 saturated heterocycles. The molecule has 2 rings (SSSR count). The van der Waals surface area contributed by atoms with Gasteiger partial charge >= 0.3 is 33.0 Å². The van der Waals surface area contributed by atoms with E-state index in [-0.39, 0.29) is 5.92 Å². The zero-order valence-corrected chi connectivity index (χ0v) is 20.7. The van der Waals surface area contributed by atoms with Gasteiger partial charge in [0.1, 0.15) is 0 Å². The quantitative estimate of drug-likeness (QED) is 0.249. The Balaban J connectivity index is 0.000000633. The van der Waals surface area contributed by atoms with E-state index in [1.54, 1.807) is 0 Å². The molecule has 0 radical (unpaired) electrons. The minimum atomic E-state index is -10.7. The molecular formula is C17H30F6N6OP2. The molecule has 0 N–H and O–H groups in total. The molecule has 0 amide bonds. The number of hydrogen-bond acceptors (Lipinski definition) is 6. The third-order valence-electron chi connectivity index (χ3n) is 3.98. The number of halogens is 6. The van der Waals surface area contributed by atoms with Crippen LogP contribution in [0.15, 0.2) is 36.5 Å². The summed E-state index contributed by atoms with van der Waals surface area (Å²) in [5.41, 5.74) is 2.18. The molecule has 0 aliphatic carbocycles. The molecule has 1 heterocycles. The molecule has 186 valence electrons. The molecule has 32 heavy (non-hydrogen) atoms. The standard InChI is InChI=1S/C17H29N6OP.F6P/c1-7-16(15-11-9-8-10-12-15)17-13-23(19-18-17)24-14-22(6)25(20(2)3)21(4)5;1-7(2,3,4,5)6/h8-13,16H,7,14H2,1-6H3;/q;-1/p+1. The van der Waals surface area contributed by atoms with Gasteiger partial charge < -0.3 is 4.84 Å². The predicted molar refractivity (Wildman–Crippen MR) is 117 cm³/mol. The molecule has 0 saturated carbocycles. The first-order chi connectivity index (χ1) is 14.4. The Hall–Kier alpha value is -1.52. The Kier molecular flexibility index (Phi) is 9.07. The topological polar surface area (TPSA) is 49.7 Å². The van der Waals surface area contributed by atoms with E-state index in [0.717, 1.165) is 12.1 Å². The van der Waals surface area contributed by atoms with Crippen LogP contribution < -0.4 is 4.84 Å². The van der Waals surface area contributed by atoms with Crippen LogP contribution in [-0.4, -0.2) is 71.1 Å². The van der Waals surface area contributed by atoms with Crippen molar-refractivity contribution >= 4 is 16.2 Å². The van der Waals surface area contributed by atoms with Crippen molar-refractivity contribution in [3.8, 4) is 0 Å². The van der Waals surface area contributed by atoms with E-state index in [0.29, 0.717) is 6.73 Å². The van der Waals surface area contributed by atoms with Crippen molar-refractivity contribution in [3.05, 3.63) is 47.8 Å². The third kappa shape index (κ3) is 11.9. The molecule has 0 aliphatic rings. The first kappa shape index (κ1) is 28.5. The van der Waals surface area contributed by atoms with Crippen LogP contribution in [0.3, 0.4) is 0 Å². The van der Waals surface area contributed by atoms with Gasteiger partial charge in [-0.15, -0.1) is 9.77 Å². The molecule has 1 aromatic heterocycles. The minimum absolute atomic E-state index is 0.236. The van der Waals surface area contributed by atoms with E-state index in [9.17, 15) is 25.2 Å². The Labute approximate surface area is 185 Å². The molecule has 1 unspecified atom stereocenters. The molecule has 0 aliphatic heterocycles. The van der Waals surface area contributed by atoms with Crippen molar-refractivity contribution in [1.29, 1.82) is 0 Å². The fourth-order valence-electron chi connectivity index (χ4n) is 3.07. The zero-order chi connectivity index (χ0) is 24.8. The molecule has 0 bridgehead atoms. The van der Waals surface area contributed by atoms with E-state index in [1.807, 2.05) is 12.3 Å². The first-order valence-electron chi connectivity index (χ1n) is 9.48. The Morgan fingerprint density at radius 2 is 1.47 bits per heavy atom. The number of benzene rings is 1. The summed E-state index contributed by atoms with van der Waals surface area (Å²) in [6.45, 7) is 2.61. The SMILES string of the molecule is CCC(c1ccccc1)c1cn(OCN(C)[PH+](N(C)C)N(C)C)nn1.F[P-](F)(F)(F)(F)F. The summed E-state index contributed by atoms with van der Waals surface area (Å²) in [5.74, 6) is 0.236. The molecule has 0 fully saturated rings. The number of aromatic nitrogens is 3.